The first-order chi connectivity index (χ1) is 21.4. The summed E-state index contributed by atoms with van der Waals surface area (Å²) in [6.45, 7) is 10.5. The summed E-state index contributed by atoms with van der Waals surface area (Å²) >= 11 is 0. The Hall–Kier alpha value is -3.55. The molecule has 0 aromatic heterocycles. The normalized spacial score (nSPS) is 36.4. The number of hydrogen-bond acceptors (Lipinski definition) is 13. The van der Waals surface area contributed by atoms with Crippen molar-refractivity contribution in [1.82, 2.24) is 0 Å². The average molecular weight is 649 g/mol. The quantitative estimate of drug-likeness (QED) is 0.294. The van der Waals surface area contributed by atoms with Gasteiger partial charge in [0.2, 0.25) is 0 Å². The molecule has 2 bridgehead atoms. The molecule has 1 saturated heterocycles. The monoisotopic (exact) mass is 648 g/mol. The third-order valence-corrected chi connectivity index (χ3v) is 9.70. The van der Waals surface area contributed by atoms with Crippen LogP contribution in [0.15, 0.2) is 30.3 Å². The minimum absolute atomic E-state index is 0.103. The summed E-state index contributed by atoms with van der Waals surface area (Å²) in [6, 6.07) is 7.88. The largest absolute Gasteiger partial charge is 0.464 e. The molecule has 1 aromatic carbocycles. The van der Waals surface area contributed by atoms with E-state index in [1.165, 1.54) is 19.1 Å². The number of aliphatic hydroxyl groups is 2. The highest BCUT2D eigenvalue weighted by Gasteiger charge is 2.88. The number of carbonyl (C=O) groups excluding carboxylic acids is 5. The minimum Gasteiger partial charge on any atom is -0.464 e. The van der Waals surface area contributed by atoms with Gasteiger partial charge in [0.1, 0.15) is 29.8 Å². The summed E-state index contributed by atoms with van der Waals surface area (Å²) in [5.74, 6) is -5.76. The zero-order chi connectivity index (χ0) is 34.4. The Morgan fingerprint density at radius 3 is 2.04 bits per heavy atom. The first kappa shape index (κ1) is 35.3. The van der Waals surface area contributed by atoms with Crippen LogP contribution < -0.4 is 0 Å². The summed E-state index contributed by atoms with van der Waals surface area (Å²) in [7, 11) is 0. The Balaban J connectivity index is 2.11. The highest BCUT2D eigenvalue weighted by molar-refractivity contribution is 5.89. The van der Waals surface area contributed by atoms with Crippen molar-refractivity contribution in [2.24, 2.45) is 17.3 Å². The van der Waals surface area contributed by atoms with Crippen molar-refractivity contribution in [2.75, 3.05) is 6.61 Å². The van der Waals surface area contributed by atoms with E-state index in [0.29, 0.717) is 6.42 Å². The lowest BCUT2D eigenvalue weighted by Gasteiger charge is -2.66. The maximum Gasteiger partial charge on any atom is 0.338 e. The van der Waals surface area contributed by atoms with E-state index in [2.05, 4.69) is 0 Å². The van der Waals surface area contributed by atoms with E-state index >= 15 is 0 Å². The van der Waals surface area contributed by atoms with E-state index in [1.807, 2.05) is 0 Å². The Morgan fingerprint density at radius 1 is 0.913 bits per heavy atom. The molecule has 0 amide bonds. The summed E-state index contributed by atoms with van der Waals surface area (Å²) in [6.07, 6.45) is -7.94. The van der Waals surface area contributed by atoms with Crippen molar-refractivity contribution in [1.29, 1.82) is 0 Å². The predicted octanol–water partition coefficient (Wildman–Crippen LogP) is 2.28. The van der Waals surface area contributed by atoms with Gasteiger partial charge in [0.15, 0.2) is 12.2 Å². The summed E-state index contributed by atoms with van der Waals surface area (Å²) in [4.78, 5) is 65.1. The third kappa shape index (κ3) is 5.66. The maximum absolute atomic E-state index is 13.8. The second-order valence-corrected chi connectivity index (χ2v) is 13.3. The SMILES string of the molecule is CCC(C)C(=O)OC[C@]12[C@H](OC(=O)c3ccccc3)[C@@H](OC(C)=O)[C@H]3[C@@H](O)[C@]1(OC3(C)C)[C@@](C)(O)C[C@H](OC(C)=O)[C@@H]2OC(C)=O. The van der Waals surface area contributed by atoms with Gasteiger partial charge in [-0.15, -0.1) is 0 Å². The molecule has 2 saturated carbocycles. The first-order valence-electron chi connectivity index (χ1n) is 15.4. The van der Waals surface area contributed by atoms with Crippen LogP contribution in [0.4, 0.5) is 0 Å². The van der Waals surface area contributed by atoms with Gasteiger partial charge in [0, 0.05) is 27.2 Å². The van der Waals surface area contributed by atoms with Crippen LogP contribution in [0.1, 0.15) is 78.6 Å². The molecule has 46 heavy (non-hydrogen) atoms. The Labute approximate surface area is 267 Å². The molecule has 3 fully saturated rings. The van der Waals surface area contributed by atoms with Crippen molar-refractivity contribution < 1.29 is 62.6 Å². The molecule has 4 rings (SSSR count). The fourth-order valence-corrected chi connectivity index (χ4v) is 7.80. The van der Waals surface area contributed by atoms with Crippen LogP contribution in [-0.4, -0.2) is 94.0 Å². The van der Waals surface area contributed by atoms with Crippen molar-refractivity contribution in [2.45, 2.75) is 116 Å². The fraction of sp³-hybridized carbons (Fsp3) is 0.667. The lowest BCUT2D eigenvalue weighted by Crippen LogP contribution is -2.85. The number of ether oxygens (including phenoxy) is 6. The van der Waals surface area contributed by atoms with Gasteiger partial charge in [-0.1, -0.05) is 32.0 Å². The van der Waals surface area contributed by atoms with Gasteiger partial charge in [0.05, 0.1) is 34.7 Å². The molecule has 10 atom stereocenters. The van der Waals surface area contributed by atoms with Crippen molar-refractivity contribution in [3.05, 3.63) is 35.9 Å². The fourth-order valence-electron chi connectivity index (χ4n) is 7.80. The Kier molecular flexibility index (Phi) is 9.65. The molecule has 13 nitrogen and oxygen atoms in total. The van der Waals surface area contributed by atoms with Crippen LogP contribution in [0, 0.1) is 17.3 Å². The number of aliphatic hydroxyl groups excluding tert-OH is 1. The smallest absolute Gasteiger partial charge is 0.338 e. The Morgan fingerprint density at radius 2 is 1.50 bits per heavy atom. The van der Waals surface area contributed by atoms with Gasteiger partial charge in [-0.3, -0.25) is 19.2 Å². The number of fused-ring (bicyclic) bond motifs is 1. The van der Waals surface area contributed by atoms with Gasteiger partial charge < -0.3 is 38.6 Å². The molecule has 2 N–H and O–H groups in total. The van der Waals surface area contributed by atoms with Gasteiger partial charge in [-0.05, 0) is 39.3 Å². The van der Waals surface area contributed by atoms with Crippen LogP contribution in [-0.2, 0) is 47.6 Å². The zero-order valence-electron chi connectivity index (χ0n) is 27.4. The van der Waals surface area contributed by atoms with Crippen LogP contribution >= 0.6 is 0 Å². The molecule has 1 unspecified atom stereocenters. The second kappa shape index (κ2) is 12.6. The van der Waals surface area contributed by atoms with Crippen molar-refractivity contribution in [3.8, 4) is 0 Å². The third-order valence-electron chi connectivity index (χ3n) is 9.70. The molecule has 0 radical (unpaired) electrons. The molecular weight excluding hydrogens is 604 g/mol. The standard InChI is InChI=1S/C33H44O13/c1-9-17(2)28(38)41-16-32-26(44-20(5)36)22(42-18(3)34)15-31(8,40)33(32)25(37)23(30(6,7)46-33)24(43-19(4)35)27(32)45-29(39)21-13-11-10-12-14-21/h10-14,17,22-27,37,40H,9,15-16H2,1-8H3/t17?,22-,23-,24-,25+,26-,27+,31-,32-,33-/m0/s1. The summed E-state index contributed by atoms with van der Waals surface area (Å²) in [5, 5.41) is 24.7. The van der Waals surface area contributed by atoms with Crippen LogP contribution in [0.25, 0.3) is 0 Å². The van der Waals surface area contributed by atoms with E-state index in [0.717, 1.165) is 20.8 Å². The lowest BCUT2D eigenvalue weighted by molar-refractivity contribution is -0.363. The topological polar surface area (TPSA) is 181 Å². The van der Waals surface area contributed by atoms with Crippen molar-refractivity contribution >= 4 is 29.8 Å². The lowest BCUT2D eigenvalue weighted by atomic mass is 9.45. The Bertz CT molecular complexity index is 1360. The molecule has 254 valence electrons. The number of esters is 5. The zero-order valence-corrected chi connectivity index (χ0v) is 27.4. The molecule has 1 heterocycles. The number of hydrogen-bond donors (Lipinski definition) is 2. The van der Waals surface area contributed by atoms with Crippen LogP contribution in [0.3, 0.4) is 0 Å². The average Bonchev–Trinajstić information content (AvgIpc) is 3.14. The van der Waals surface area contributed by atoms with Gasteiger partial charge >= 0.3 is 29.8 Å². The maximum atomic E-state index is 13.8. The number of carbonyl (C=O) groups is 5. The first-order valence-corrected chi connectivity index (χ1v) is 15.4. The molecular formula is C33H44O13. The van der Waals surface area contributed by atoms with Gasteiger partial charge in [0.25, 0.3) is 0 Å². The summed E-state index contributed by atoms with van der Waals surface area (Å²) in [5.41, 5.74) is -7.82. The molecule has 2 aliphatic carbocycles. The highest BCUT2D eigenvalue weighted by Crippen LogP contribution is 2.69. The van der Waals surface area contributed by atoms with Crippen LogP contribution in [0.2, 0.25) is 0 Å². The number of benzene rings is 1. The van der Waals surface area contributed by atoms with Gasteiger partial charge in [-0.25, -0.2) is 4.79 Å². The summed E-state index contributed by atoms with van der Waals surface area (Å²) < 4.78 is 36.1. The highest BCUT2D eigenvalue weighted by atomic mass is 16.6. The van der Waals surface area contributed by atoms with E-state index in [1.54, 1.807) is 45.9 Å². The number of rotatable bonds is 9. The molecule has 13 heteroatoms. The van der Waals surface area contributed by atoms with E-state index in [4.69, 9.17) is 28.4 Å². The van der Waals surface area contributed by atoms with E-state index < -0.39 is 107 Å². The molecule has 1 spiro atoms. The van der Waals surface area contributed by atoms with E-state index in [9.17, 15) is 34.2 Å². The molecule has 1 aliphatic heterocycles. The molecule has 1 aromatic rings. The van der Waals surface area contributed by atoms with Crippen LogP contribution in [0.5, 0.6) is 0 Å². The van der Waals surface area contributed by atoms with E-state index in [-0.39, 0.29) is 5.56 Å². The second-order valence-electron chi connectivity index (χ2n) is 13.3. The van der Waals surface area contributed by atoms with Gasteiger partial charge in [-0.2, -0.15) is 0 Å². The minimum atomic E-state index is -2.22. The predicted molar refractivity (Wildman–Crippen MR) is 158 cm³/mol. The van der Waals surface area contributed by atoms with Crippen molar-refractivity contribution in [3.63, 3.8) is 0 Å². The molecule has 3 aliphatic rings.